The normalized spacial score (nSPS) is 10.4. The Hall–Kier alpha value is -2.37. The van der Waals surface area contributed by atoms with Crippen LogP contribution in [0.5, 0.6) is 0 Å². The summed E-state index contributed by atoms with van der Waals surface area (Å²) in [5.74, 6) is 0.0170. The van der Waals surface area contributed by atoms with E-state index in [9.17, 15) is 4.79 Å². The van der Waals surface area contributed by atoms with E-state index in [0.29, 0.717) is 17.8 Å². The first kappa shape index (κ1) is 13.1. The van der Waals surface area contributed by atoms with E-state index >= 15 is 0 Å². The van der Waals surface area contributed by atoms with Crippen LogP contribution in [0.1, 0.15) is 29.9 Å². The molecule has 0 unspecified atom stereocenters. The number of carbonyl (C=O) groups is 1. The highest BCUT2D eigenvalue weighted by Crippen LogP contribution is 2.21. The Morgan fingerprint density at radius 3 is 2.95 bits per heavy atom. The van der Waals surface area contributed by atoms with Gasteiger partial charge in [0.05, 0.1) is 29.8 Å². The maximum atomic E-state index is 11.3. The predicted molar refractivity (Wildman–Crippen MR) is 73.9 cm³/mol. The van der Waals surface area contributed by atoms with Gasteiger partial charge in [-0.15, -0.1) is 5.10 Å². The number of nitrogens with two attached hydrogens (primary N) is 1. The standard InChI is InChI=1S/C13H17N5O/c1-3-18-11(8-16-17-18)7-15-13-6-10(9(2)19)4-5-12(13)14/h4-6,8,15H,3,7,14H2,1-2H3. The second-order valence-electron chi connectivity index (χ2n) is 4.25. The van der Waals surface area contributed by atoms with Crippen molar-refractivity contribution in [1.82, 2.24) is 15.0 Å². The Bertz CT molecular complexity index is 590. The van der Waals surface area contributed by atoms with Crippen LogP contribution in [-0.2, 0) is 13.1 Å². The topological polar surface area (TPSA) is 85.8 Å². The number of ketones is 1. The van der Waals surface area contributed by atoms with Crippen molar-refractivity contribution in [3.8, 4) is 0 Å². The molecule has 3 N–H and O–H groups in total. The molecule has 0 radical (unpaired) electrons. The fraction of sp³-hybridized carbons (Fsp3) is 0.308. The molecule has 0 saturated carbocycles. The number of nitrogens with zero attached hydrogens (tertiary/aromatic N) is 3. The highest BCUT2D eigenvalue weighted by atomic mass is 16.1. The van der Waals surface area contributed by atoms with Gasteiger partial charge in [-0.1, -0.05) is 5.21 Å². The summed E-state index contributed by atoms with van der Waals surface area (Å²) in [6, 6.07) is 5.22. The van der Waals surface area contributed by atoms with Crippen LogP contribution >= 0.6 is 0 Å². The van der Waals surface area contributed by atoms with Gasteiger partial charge in [-0.2, -0.15) is 0 Å². The first-order valence-electron chi connectivity index (χ1n) is 6.13. The number of hydrogen-bond acceptors (Lipinski definition) is 5. The number of aryl methyl sites for hydroxylation is 1. The molecule has 0 spiro atoms. The third-order valence-corrected chi connectivity index (χ3v) is 2.92. The predicted octanol–water partition coefficient (Wildman–Crippen LogP) is 1.69. The molecule has 0 amide bonds. The van der Waals surface area contributed by atoms with Gasteiger partial charge in [0.15, 0.2) is 5.78 Å². The Morgan fingerprint density at radius 2 is 2.26 bits per heavy atom. The number of anilines is 2. The fourth-order valence-corrected chi connectivity index (χ4v) is 1.80. The molecule has 0 aliphatic rings. The summed E-state index contributed by atoms with van der Waals surface area (Å²) >= 11 is 0. The van der Waals surface area contributed by atoms with E-state index in [1.807, 2.05) is 6.92 Å². The molecule has 0 fully saturated rings. The minimum atomic E-state index is 0.0170. The van der Waals surface area contributed by atoms with Gasteiger partial charge >= 0.3 is 0 Å². The van der Waals surface area contributed by atoms with Gasteiger partial charge in [0.2, 0.25) is 0 Å². The summed E-state index contributed by atoms with van der Waals surface area (Å²) in [6.07, 6.45) is 1.71. The minimum Gasteiger partial charge on any atom is -0.397 e. The quantitative estimate of drug-likeness (QED) is 0.630. The van der Waals surface area contributed by atoms with Crippen LogP contribution in [0.25, 0.3) is 0 Å². The third kappa shape index (κ3) is 2.90. The van der Waals surface area contributed by atoms with Crippen molar-refractivity contribution < 1.29 is 4.79 Å². The summed E-state index contributed by atoms with van der Waals surface area (Å²) in [5.41, 5.74) is 8.85. The lowest BCUT2D eigenvalue weighted by Crippen LogP contribution is -2.09. The minimum absolute atomic E-state index is 0.0170. The zero-order valence-corrected chi connectivity index (χ0v) is 11.1. The van der Waals surface area contributed by atoms with Gasteiger partial charge < -0.3 is 11.1 Å². The van der Waals surface area contributed by atoms with Crippen molar-refractivity contribution >= 4 is 17.2 Å². The molecule has 0 aliphatic carbocycles. The van der Waals surface area contributed by atoms with Gasteiger partial charge in [0.1, 0.15) is 0 Å². The molecular formula is C13H17N5O. The zero-order valence-electron chi connectivity index (χ0n) is 11.1. The second kappa shape index (κ2) is 5.51. The van der Waals surface area contributed by atoms with Crippen LogP contribution in [0.15, 0.2) is 24.4 Å². The lowest BCUT2D eigenvalue weighted by Gasteiger charge is -2.10. The number of Topliss-reactive ketones (excluding diaryl/α,β-unsaturated/α-hetero) is 1. The average Bonchev–Trinajstić information content (AvgIpc) is 2.85. The van der Waals surface area contributed by atoms with Crippen LogP contribution in [0.2, 0.25) is 0 Å². The van der Waals surface area contributed by atoms with Crippen molar-refractivity contribution in [3.05, 3.63) is 35.7 Å². The molecule has 0 aliphatic heterocycles. The average molecular weight is 259 g/mol. The van der Waals surface area contributed by atoms with E-state index in [4.69, 9.17) is 5.73 Å². The van der Waals surface area contributed by atoms with Crippen molar-refractivity contribution in [2.24, 2.45) is 0 Å². The van der Waals surface area contributed by atoms with E-state index in [0.717, 1.165) is 17.9 Å². The van der Waals surface area contributed by atoms with Crippen molar-refractivity contribution in [2.75, 3.05) is 11.1 Å². The monoisotopic (exact) mass is 259 g/mol. The van der Waals surface area contributed by atoms with Crippen LogP contribution in [0, 0.1) is 0 Å². The van der Waals surface area contributed by atoms with Crippen molar-refractivity contribution in [1.29, 1.82) is 0 Å². The van der Waals surface area contributed by atoms with Crippen molar-refractivity contribution in [2.45, 2.75) is 26.9 Å². The Kier molecular flexibility index (Phi) is 3.79. The highest BCUT2D eigenvalue weighted by Gasteiger charge is 2.06. The maximum absolute atomic E-state index is 11.3. The Balaban J connectivity index is 2.15. The van der Waals surface area contributed by atoms with Crippen LogP contribution in [0.4, 0.5) is 11.4 Å². The van der Waals surface area contributed by atoms with E-state index in [1.165, 1.54) is 6.92 Å². The molecule has 2 rings (SSSR count). The molecule has 2 aromatic rings. The van der Waals surface area contributed by atoms with E-state index in [1.54, 1.807) is 29.1 Å². The lowest BCUT2D eigenvalue weighted by molar-refractivity contribution is 0.101. The molecular weight excluding hydrogens is 242 g/mol. The first-order chi connectivity index (χ1) is 9.11. The molecule has 19 heavy (non-hydrogen) atoms. The molecule has 1 heterocycles. The lowest BCUT2D eigenvalue weighted by atomic mass is 10.1. The number of hydrogen-bond donors (Lipinski definition) is 2. The number of nitrogen functional groups attached to an aromatic ring is 1. The first-order valence-corrected chi connectivity index (χ1v) is 6.13. The molecule has 0 atom stereocenters. The van der Waals surface area contributed by atoms with Gasteiger partial charge in [-0.3, -0.25) is 4.79 Å². The van der Waals surface area contributed by atoms with E-state index in [2.05, 4.69) is 15.6 Å². The SMILES string of the molecule is CCn1nncc1CNc1cc(C(C)=O)ccc1N. The van der Waals surface area contributed by atoms with Gasteiger partial charge in [0.25, 0.3) is 0 Å². The summed E-state index contributed by atoms with van der Waals surface area (Å²) in [7, 11) is 0. The van der Waals surface area contributed by atoms with Crippen molar-refractivity contribution in [3.63, 3.8) is 0 Å². The summed E-state index contributed by atoms with van der Waals surface area (Å²) in [5, 5.41) is 11.0. The highest BCUT2D eigenvalue weighted by molar-refractivity contribution is 5.96. The van der Waals surface area contributed by atoms with Crippen LogP contribution in [-0.4, -0.2) is 20.8 Å². The fourth-order valence-electron chi connectivity index (χ4n) is 1.80. The van der Waals surface area contributed by atoms with Gasteiger partial charge in [-0.05, 0) is 32.0 Å². The number of carbonyl (C=O) groups excluding carboxylic acids is 1. The maximum Gasteiger partial charge on any atom is 0.159 e. The summed E-state index contributed by atoms with van der Waals surface area (Å²) < 4.78 is 1.80. The third-order valence-electron chi connectivity index (χ3n) is 2.92. The van der Waals surface area contributed by atoms with E-state index < -0.39 is 0 Å². The zero-order chi connectivity index (χ0) is 13.8. The Morgan fingerprint density at radius 1 is 1.47 bits per heavy atom. The van der Waals surface area contributed by atoms with Gasteiger partial charge in [-0.25, -0.2) is 4.68 Å². The largest absolute Gasteiger partial charge is 0.397 e. The second-order valence-corrected chi connectivity index (χ2v) is 4.25. The molecule has 0 bridgehead atoms. The summed E-state index contributed by atoms with van der Waals surface area (Å²) in [6.45, 7) is 4.86. The molecule has 6 heteroatoms. The van der Waals surface area contributed by atoms with E-state index in [-0.39, 0.29) is 5.78 Å². The van der Waals surface area contributed by atoms with Crippen LogP contribution < -0.4 is 11.1 Å². The molecule has 0 saturated heterocycles. The molecule has 6 nitrogen and oxygen atoms in total. The number of aromatic nitrogens is 3. The van der Waals surface area contributed by atoms with Crippen LogP contribution in [0.3, 0.4) is 0 Å². The number of rotatable bonds is 5. The summed E-state index contributed by atoms with van der Waals surface area (Å²) in [4.78, 5) is 11.3. The number of benzene rings is 1. The number of nitrogens with one attached hydrogen (secondary N) is 1. The van der Waals surface area contributed by atoms with Gasteiger partial charge in [0, 0.05) is 12.1 Å². The Labute approximate surface area is 111 Å². The molecule has 1 aromatic heterocycles. The smallest absolute Gasteiger partial charge is 0.159 e. The molecule has 1 aromatic carbocycles. The molecule has 100 valence electrons.